The van der Waals surface area contributed by atoms with Crippen molar-refractivity contribution < 1.29 is 4.92 Å². The second kappa shape index (κ2) is 4.97. The Balaban J connectivity index is 2.29. The number of benzene rings is 1. The van der Waals surface area contributed by atoms with Crippen LogP contribution >= 0.6 is 11.3 Å². The minimum absolute atomic E-state index is 0.125. The number of aryl methyl sites for hydroxylation is 1. The molecule has 19 heavy (non-hydrogen) atoms. The number of nitrogens with zero attached hydrogens (tertiary/aromatic N) is 2. The van der Waals surface area contributed by atoms with Crippen molar-refractivity contribution in [2.24, 2.45) is 0 Å². The number of rotatable bonds is 4. The zero-order valence-corrected chi connectivity index (χ0v) is 11.8. The van der Waals surface area contributed by atoms with E-state index in [0.29, 0.717) is 5.56 Å². The molecule has 2 rings (SSSR count). The van der Waals surface area contributed by atoms with E-state index in [1.165, 1.54) is 0 Å². The molecule has 0 unspecified atom stereocenters. The minimum Gasteiger partial charge on any atom is -0.374 e. The first-order valence-electron chi connectivity index (χ1n) is 5.83. The normalized spacial score (nSPS) is 11.3. The van der Waals surface area contributed by atoms with Crippen molar-refractivity contribution >= 4 is 22.7 Å². The van der Waals surface area contributed by atoms with E-state index >= 15 is 0 Å². The Morgan fingerprint density at radius 3 is 2.74 bits per heavy atom. The van der Waals surface area contributed by atoms with Gasteiger partial charge in [0.2, 0.25) is 0 Å². The Morgan fingerprint density at radius 1 is 1.42 bits per heavy atom. The Kier molecular flexibility index (Phi) is 3.53. The molecule has 6 heteroatoms. The molecule has 0 radical (unpaired) electrons. The fourth-order valence-corrected chi connectivity index (χ4v) is 2.55. The van der Waals surface area contributed by atoms with Crippen LogP contribution in [0.5, 0.6) is 0 Å². The lowest BCUT2D eigenvalue weighted by Gasteiger charge is -2.25. The SMILES string of the molecule is Cc1ccc(NC(C)(C)c2nccs2)cc1[N+](=O)[O-]. The summed E-state index contributed by atoms with van der Waals surface area (Å²) < 4.78 is 0. The van der Waals surface area contributed by atoms with Gasteiger partial charge in [0, 0.05) is 28.9 Å². The van der Waals surface area contributed by atoms with E-state index < -0.39 is 0 Å². The molecule has 5 nitrogen and oxygen atoms in total. The molecule has 0 saturated carbocycles. The van der Waals surface area contributed by atoms with Gasteiger partial charge >= 0.3 is 0 Å². The van der Waals surface area contributed by atoms with Crippen molar-refractivity contribution in [2.75, 3.05) is 5.32 Å². The standard InChI is InChI=1S/C13H15N3O2S/c1-9-4-5-10(8-11(9)16(17)18)15-13(2,3)12-14-6-7-19-12/h4-8,15H,1-3H3. The molecule has 0 spiro atoms. The summed E-state index contributed by atoms with van der Waals surface area (Å²) in [4.78, 5) is 14.9. The summed E-state index contributed by atoms with van der Waals surface area (Å²) in [5, 5.41) is 17.1. The predicted molar refractivity (Wildman–Crippen MR) is 76.6 cm³/mol. The van der Waals surface area contributed by atoms with Gasteiger partial charge < -0.3 is 5.32 Å². The lowest BCUT2D eigenvalue weighted by Crippen LogP contribution is -2.27. The Labute approximate surface area is 115 Å². The molecule has 1 heterocycles. The van der Waals surface area contributed by atoms with Crippen molar-refractivity contribution in [3.8, 4) is 0 Å². The predicted octanol–water partition coefficient (Wildman–Crippen LogP) is 3.71. The number of nitro benzene ring substituents is 1. The lowest BCUT2D eigenvalue weighted by molar-refractivity contribution is -0.385. The van der Waals surface area contributed by atoms with Gasteiger partial charge in [0.1, 0.15) is 5.01 Å². The maximum absolute atomic E-state index is 10.9. The second-order valence-electron chi connectivity index (χ2n) is 4.85. The summed E-state index contributed by atoms with van der Waals surface area (Å²) >= 11 is 1.56. The highest BCUT2D eigenvalue weighted by Crippen LogP contribution is 2.29. The third-order valence-electron chi connectivity index (χ3n) is 2.83. The third kappa shape index (κ3) is 2.90. The number of nitro groups is 1. The molecule has 0 bridgehead atoms. The van der Waals surface area contributed by atoms with Crippen LogP contribution in [0.1, 0.15) is 24.4 Å². The lowest BCUT2D eigenvalue weighted by atomic mass is 10.1. The molecular formula is C13H15N3O2S. The molecule has 2 aromatic rings. The number of thiazole rings is 1. The van der Waals surface area contributed by atoms with Gasteiger partial charge in [-0.25, -0.2) is 4.98 Å². The Morgan fingerprint density at radius 2 is 2.16 bits per heavy atom. The zero-order chi connectivity index (χ0) is 14.0. The first kappa shape index (κ1) is 13.5. The van der Waals surface area contributed by atoms with Crippen molar-refractivity contribution in [2.45, 2.75) is 26.3 Å². The molecule has 0 fully saturated rings. The number of nitrogens with one attached hydrogen (secondary N) is 1. The molecule has 0 aliphatic heterocycles. The van der Waals surface area contributed by atoms with E-state index in [1.807, 2.05) is 25.3 Å². The monoisotopic (exact) mass is 277 g/mol. The van der Waals surface area contributed by atoms with E-state index in [2.05, 4.69) is 10.3 Å². The maximum atomic E-state index is 10.9. The molecule has 1 N–H and O–H groups in total. The highest BCUT2D eigenvalue weighted by molar-refractivity contribution is 7.09. The van der Waals surface area contributed by atoms with Crippen molar-refractivity contribution in [1.82, 2.24) is 4.98 Å². The zero-order valence-electron chi connectivity index (χ0n) is 11.0. The first-order chi connectivity index (χ1) is 8.90. The van der Waals surface area contributed by atoms with Crippen LogP contribution in [0.2, 0.25) is 0 Å². The quantitative estimate of drug-likeness (QED) is 0.683. The van der Waals surface area contributed by atoms with E-state index in [1.54, 1.807) is 36.6 Å². The fourth-order valence-electron chi connectivity index (χ4n) is 1.83. The molecule has 1 aromatic heterocycles. The van der Waals surface area contributed by atoms with Gasteiger partial charge in [0.25, 0.3) is 5.69 Å². The van der Waals surface area contributed by atoms with E-state index in [0.717, 1.165) is 10.7 Å². The summed E-state index contributed by atoms with van der Waals surface area (Å²) in [7, 11) is 0. The fraction of sp³-hybridized carbons (Fsp3) is 0.308. The Hall–Kier alpha value is -1.95. The number of anilines is 1. The summed E-state index contributed by atoms with van der Waals surface area (Å²) in [6, 6.07) is 5.15. The van der Waals surface area contributed by atoms with E-state index in [4.69, 9.17) is 0 Å². The summed E-state index contributed by atoms with van der Waals surface area (Å²) in [6.07, 6.45) is 1.75. The number of hydrogen-bond donors (Lipinski definition) is 1. The smallest absolute Gasteiger partial charge is 0.274 e. The Bertz CT molecular complexity index is 594. The average molecular weight is 277 g/mol. The van der Waals surface area contributed by atoms with Crippen LogP contribution in [0.4, 0.5) is 11.4 Å². The molecular weight excluding hydrogens is 262 g/mol. The van der Waals surface area contributed by atoms with Crippen LogP contribution < -0.4 is 5.32 Å². The van der Waals surface area contributed by atoms with Crippen LogP contribution in [0, 0.1) is 17.0 Å². The molecule has 0 saturated heterocycles. The molecule has 0 amide bonds. The second-order valence-corrected chi connectivity index (χ2v) is 5.74. The van der Waals surface area contributed by atoms with E-state index in [-0.39, 0.29) is 16.1 Å². The van der Waals surface area contributed by atoms with Gasteiger partial charge in [-0.2, -0.15) is 0 Å². The first-order valence-corrected chi connectivity index (χ1v) is 6.71. The summed E-state index contributed by atoms with van der Waals surface area (Å²) in [6.45, 7) is 5.73. The maximum Gasteiger partial charge on any atom is 0.274 e. The third-order valence-corrected chi connectivity index (χ3v) is 3.93. The molecule has 0 aliphatic carbocycles. The molecule has 1 aromatic carbocycles. The van der Waals surface area contributed by atoms with Crippen LogP contribution in [-0.4, -0.2) is 9.91 Å². The number of hydrogen-bond acceptors (Lipinski definition) is 5. The topological polar surface area (TPSA) is 68.1 Å². The van der Waals surface area contributed by atoms with Gasteiger partial charge in [-0.3, -0.25) is 10.1 Å². The van der Waals surface area contributed by atoms with Gasteiger partial charge in [-0.15, -0.1) is 11.3 Å². The van der Waals surface area contributed by atoms with Gasteiger partial charge in [0.05, 0.1) is 10.5 Å². The minimum atomic E-state index is -0.364. The van der Waals surface area contributed by atoms with Gasteiger partial charge in [0.15, 0.2) is 0 Å². The van der Waals surface area contributed by atoms with Crippen LogP contribution in [0.3, 0.4) is 0 Å². The van der Waals surface area contributed by atoms with Gasteiger partial charge in [-0.05, 0) is 26.8 Å². The van der Waals surface area contributed by atoms with Crippen molar-refractivity contribution in [3.63, 3.8) is 0 Å². The largest absolute Gasteiger partial charge is 0.374 e. The van der Waals surface area contributed by atoms with Gasteiger partial charge in [-0.1, -0.05) is 6.07 Å². The average Bonchev–Trinajstić information content (AvgIpc) is 2.85. The van der Waals surface area contributed by atoms with E-state index in [9.17, 15) is 10.1 Å². The van der Waals surface area contributed by atoms with Crippen molar-refractivity contribution in [3.05, 3.63) is 50.5 Å². The van der Waals surface area contributed by atoms with Crippen LogP contribution in [0.25, 0.3) is 0 Å². The molecule has 100 valence electrons. The van der Waals surface area contributed by atoms with Crippen molar-refractivity contribution in [1.29, 1.82) is 0 Å². The molecule has 0 atom stereocenters. The highest BCUT2D eigenvalue weighted by atomic mass is 32.1. The highest BCUT2D eigenvalue weighted by Gasteiger charge is 2.24. The summed E-state index contributed by atoms with van der Waals surface area (Å²) in [5.74, 6) is 0. The summed E-state index contributed by atoms with van der Waals surface area (Å²) in [5.41, 5.74) is 1.14. The number of aromatic nitrogens is 1. The molecule has 0 aliphatic rings. The van der Waals surface area contributed by atoms with Crippen LogP contribution in [0.15, 0.2) is 29.8 Å². The van der Waals surface area contributed by atoms with Crippen LogP contribution in [-0.2, 0) is 5.54 Å².